The number of hydrogen-bond donors (Lipinski definition) is 2. The van der Waals surface area contributed by atoms with Crippen molar-refractivity contribution < 1.29 is 14.7 Å². The van der Waals surface area contributed by atoms with Crippen LogP contribution >= 0.6 is 11.6 Å². The number of nitrogens with one attached hydrogen (secondary N) is 1. The average molecular weight is 358 g/mol. The lowest BCUT2D eigenvalue weighted by Crippen LogP contribution is -2.27. The predicted molar refractivity (Wildman–Crippen MR) is 97.9 cm³/mol. The van der Waals surface area contributed by atoms with Crippen molar-refractivity contribution in [3.63, 3.8) is 0 Å². The Balaban J connectivity index is 1.67. The molecular formula is C20H20ClNO3. The summed E-state index contributed by atoms with van der Waals surface area (Å²) in [4.78, 5) is 23.6. The molecule has 25 heavy (non-hydrogen) atoms. The first-order chi connectivity index (χ1) is 11.9. The summed E-state index contributed by atoms with van der Waals surface area (Å²) in [5, 5.41) is 12.6. The van der Waals surface area contributed by atoms with Crippen molar-refractivity contribution in [3.05, 3.63) is 64.7 Å². The average Bonchev–Trinajstić information content (AvgIpc) is 3.39. The fraction of sp³-hybridized carbons (Fsp3) is 0.300. The zero-order valence-corrected chi connectivity index (χ0v) is 14.7. The van der Waals surface area contributed by atoms with Crippen molar-refractivity contribution in [2.24, 2.45) is 5.92 Å². The van der Waals surface area contributed by atoms with E-state index >= 15 is 0 Å². The predicted octanol–water partition coefficient (Wildman–Crippen LogP) is 4.27. The molecule has 0 aliphatic heterocycles. The standard InChI is InChI=1S/C20H20ClNO3/c1-13(18(23)24)12-14-2-8-17(9-3-14)22-19(25)20(10-11-20)15-4-6-16(21)7-5-15/h2-9,13H,10-12H2,1H3,(H,22,25)(H,23,24). The molecule has 0 heterocycles. The van der Waals surface area contributed by atoms with Crippen LogP contribution < -0.4 is 5.32 Å². The molecule has 1 amide bonds. The number of carbonyl (C=O) groups is 2. The number of halogens is 1. The molecule has 1 saturated carbocycles. The largest absolute Gasteiger partial charge is 0.481 e. The number of benzene rings is 2. The molecule has 3 rings (SSSR count). The summed E-state index contributed by atoms with van der Waals surface area (Å²) in [5.41, 5.74) is 2.19. The van der Waals surface area contributed by atoms with Crippen LogP contribution in [0.1, 0.15) is 30.9 Å². The lowest BCUT2D eigenvalue weighted by atomic mass is 9.95. The van der Waals surface area contributed by atoms with Crippen LogP contribution in [0, 0.1) is 5.92 Å². The Morgan fingerprint density at radius 2 is 1.72 bits per heavy atom. The van der Waals surface area contributed by atoms with Crippen LogP contribution in [-0.2, 0) is 21.4 Å². The zero-order chi connectivity index (χ0) is 18.0. The Labute approximate surface area is 151 Å². The quantitative estimate of drug-likeness (QED) is 0.811. The number of hydrogen-bond acceptors (Lipinski definition) is 2. The van der Waals surface area contributed by atoms with E-state index in [4.69, 9.17) is 16.7 Å². The second kappa shape index (κ2) is 6.89. The topological polar surface area (TPSA) is 66.4 Å². The molecule has 2 aromatic carbocycles. The van der Waals surface area contributed by atoms with Gasteiger partial charge in [-0.15, -0.1) is 0 Å². The number of amides is 1. The summed E-state index contributed by atoms with van der Waals surface area (Å²) < 4.78 is 0. The van der Waals surface area contributed by atoms with Gasteiger partial charge in [0, 0.05) is 10.7 Å². The van der Waals surface area contributed by atoms with Gasteiger partial charge >= 0.3 is 5.97 Å². The molecule has 1 aliphatic rings. The van der Waals surface area contributed by atoms with Gasteiger partial charge < -0.3 is 10.4 Å². The van der Waals surface area contributed by atoms with E-state index in [2.05, 4.69) is 5.32 Å². The second-order valence-corrected chi connectivity index (χ2v) is 7.12. The number of carboxylic acids is 1. The highest BCUT2D eigenvalue weighted by Gasteiger charge is 2.51. The monoisotopic (exact) mass is 357 g/mol. The third-order valence-electron chi connectivity index (χ3n) is 4.76. The minimum Gasteiger partial charge on any atom is -0.481 e. The molecule has 2 aromatic rings. The first-order valence-electron chi connectivity index (χ1n) is 8.30. The molecule has 0 bridgehead atoms. The smallest absolute Gasteiger partial charge is 0.306 e. The molecule has 5 heteroatoms. The first kappa shape index (κ1) is 17.5. The van der Waals surface area contributed by atoms with Crippen molar-refractivity contribution in [1.29, 1.82) is 0 Å². The third-order valence-corrected chi connectivity index (χ3v) is 5.01. The maximum Gasteiger partial charge on any atom is 0.306 e. The molecule has 1 aliphatic carbocycles. The summed E-state index contributed by atoms with van der Waals surface area (Å²) in [6.07, 6.45) is 2.13. The minimum absolute atomic E-state index is 0.0125. The number of anilines is 1. The number of rotatable bonds is 6. The number of carbonyl (C=O) groups excluding carboxylic acids is 1. The second-order valence-electron chi connectivity index (χ2n) is 6.68. The van der Waals surface area contributed by atoms with E-state index in [9.17, 15) is 9.59 Å². The fourth-order valence-electron chi connectivity index (χ4n) is 2.96. The Morgan fingerprint density at radius 3 is 2.24 bits per heavy atom. The molecule has 130 valence electrons. The summed E-state index contributed by atoms with van der Waals surface area (Å²) >= 11 is 5.92. The van der Waals surface area contributed by atoms with Crippen molar-refractivity contribution in [1.82, 2.24) is 0 Å². The first-order valence-corrected chi connectivity index (χ1v) is 8.68. The van der Waals surface area contributed by atoms with Crippen LogP contribution in [0.5, 0.6) is 0 Å². The maximum absolute atomic E-state index is 12.7. The highest BCUT2D eigenvalue weighted by molar-refractivity contribution is 6.30. The molecule has 0 spiro atoms. The summed E-state index contributed by atoms with van der Waals surface area (Å²) in [6.45, 7) is 1.68. The van der Waals surface area contributed by atoms with Crippen LogP contribution in [0.15, 0.2) is 48.5 Å². The zero-order valence-electron chi connectivity index (χ0n) is 14.0. The van der Waals surface area contributed by atoms with Crippen molar-refractivity contribution in [2.45, 2.75) is 31.6 Å². The van der Waals surface area contributed by atoms with Gasteiger partial charge in [-0.25, -0.2) is 0 Å². The van der Waals surface area contributed by atoms with Crippen LogP contribution in [0.25, 0.3) is 0 Å². The van der Waals surface area contributed by atoms with Crippen molar-refractivity contribution >= 4 is 29.2 Å². The number of carboxylic acid groups (broad SMARTS) is 1. The molecule has 2 N–H and O–H groups in total. The molecule has 1 unspecified atom stereocenters. The molecule has 1 atom stereocenters. The molecular weight excluding hydrogens is 338 g/mol. The summed E-state index contributed by atoms with van der Waals surface area (Å²) in [5.74, 6) is -1.25. The fourth-order valence-corrected chi connectivity index (χ4v) is 3.08. The van der Waals surface area contributed by atoms with Crippen molar-refractivity contribution in [3.8, 4) is 0 Å². The van der Waals surface area contributed by atoms with Gasteiger partial charge in [-0.2, -0.15) is 0 Å². The van der Waals surface area contributed by atoms with E-state index < -0.39 is 17.3 Å². The van der Waals surface area contributed by atoms with Gasteiger partial charge in [0.05, 0.1) is 11.3 Å². The Morgan fingerprint density at radius 1 is 1.12 bits per heavy atom. The maximum atomic E-state index is 12.7. The SMILES string of the molecule is CC(Cc1ccc(NC(=O)C2(c3ccc(Cl)cc3)CC2)cc1)C(=O)O. The molecule has 0 radical (unpaired) electrons. The van der Waals surface area contributed by atoms with Crippen LogP contribution in [0.3, 0.4) is 0 Å². The van der Waals surface area contributed by atoms with Crippen LogP contribution in [0.2, 0.25) is 5.02 Å². The Kier molecular flexibility index (Phi) is 4.82. The Bertz CT molecular complexity index is 780. The molecule has 0 aromatic heterocycles. The van der Waals surface area contributed by atoms with Gasteiger partial charge in [0.1, 0.15) is 0 Å². The van der Waals surface area contributed by atoms with Gasteiger partial charge in [0.25, 0.3) is 0 Å². The van der Waals surface area contributed by atoms with E-state index in [0.29, 0.717) is 11.4 Å². The minimum atomic E-state index is -0.809. The normalized spacial score (nSPS) is 16.1. The third kappa shape index (κ3) is 3.85. The lowest BCUT2D eigenvalue weighted by Gasteiger charge is -2.16. The van der Waals surface area contributed by atoms with Gasteiger partial charge in [-0.05, 0) is 54.7 Å². The van der Waals surface area contributed by atoms with Gasteiger partial charge in [0.2, 0.25) is 5.91 Å². The number of aliphatic carboxylic acids is 1. The van der Waals surface area contributed by atoms with Crippen LogP contribution in [0.4, 0.5) is 5.69 Å². The summed E-state index contributed by atoms with van der Waals surface area (Å²) in [7, 11) is 0. The van der Waals surface area contributed by atoms with E-state index in [0.717, 1.165) is 29.7 Å². The molecule has 1 fully saturated rings. The van der Waals surface area contributed by atoms with Crippen LogP contribution in [-0.4, -0.2) is 17.0 Å². The summed E-state index contributed by atoms with van der Waals surface area (Å²) in [6, 6.07) is 14.8. The lowest BCUT2D eigenvalue weighted by molar-refractivity contribution is -0.141. The van der Waals surface area contributed by atoms with E-state index in [-0.39, 0.29) is 5.91 Å². The molecule has 4 nitrogen and oxygen atoms in total. The van der Waals surface area contributed by atoms with E-state index in [1.54, 1.807) is 6.92 Å². The van der Waals surface area contributed by atoms with E-state index in [1.165, 1.54) is 0 Å². The molecule has 0 saturated heterocycles. The Hall–Kier alpha value is -2.33. The van der Waals surface area contributed by atoms with E-state index in [1.807, 2.05) is 48.5 Å². The van der Waals surface area contributed by atoms with Gasteiger partial charge in [-0.1, -0.05) is 42.8 Å². The highest BCUT2D eigenvalue weighted by atomic mass is 35.5. The van der Waals surface area contributed by atoms with Crippen molar-refractivity contribution in [2.75, 3.05) is 5.32 Å². The van der Waals surface area contributed by atoms with Gasteiger partial charge in [0.15, 0.2) is 0 Å². The van der Waals surface area contributed by atoms with Gasteiger partial charge in [-0.3, -0.25) is 9.59 Å². The highest BCUT2D eigenvalue weighted by Crippen LogP contribution is 2.49.